The van der Waals surface area contributed by atoms with Crippen molar-refractivity contribution in [3.8, 4) is 0 Å². The normalized spacial score (nSPS) is 20.5. The lowest BCUT2D eigenvalue weighted by molar-refractivity contribution is -0.193. The van der Waals surface area contributed by atoms with Gasteiger partial charge in [0.2, 0.25) is 0 Å². The minimum Gasteiger partial charge on any atom is -0.475 e. The Hall–Kier alpha value is -2.65. The van der Waals surface area contributed by atoms with E-state index in [0.717, 1.165) is 36.6 Å². The molecule has 4 heterocycles. The van der Waals surface area contributed by atoms with Crippen LogP contribution in [0.15, 0.2) is 28.1 Å². The largest absolute Gasteiger partial charge is 0.490 e. The van der Waals surface area contributed by atoms with Crippen LogP contribution in [-0.2, 0) is 22.7 Å². The molecule has 0 amide bonds. The summed E-state index contributed by atoms with van der Waals surface area (Å²) in [6.45, 7) is 7.62. The van der Waals surface area contributed by atoms with E-state index in [0.29, 0.717) is 0 Å². The zero-order chi connectivity index (χ0) is 27.1. The molecule has 0 aromatic carbocycles. The number of hydrogen-bond acceptors (Lipinski definition) is 7. The number of likely N-dealkylation sites (tertiary alicyclic amines) is 2. The summed E-state index contributed by atoms with van der Waals surface area (Å²) in [4.78, 5) is 27.4. The molecule has 2 atom stereocenters. The number of alkyl halides is 6. The number of carboxylic acid groups (broad SMARTS) is 2. The van der Waals surface area contributed by atoms with Crippen molar-refractivity contribution in [2.45, 2.75) is 51.2 Å². The van der Waals surface area contributed by atoms with Gasteiger partial charge in [-0.1, -0.05) is 0 Å². The first-order chi connectivity index (χ1) is 16.7. The number of aliphatic carboxylic acids is 2. The number of furan rings is 1. The van der Waals surface area contributed by atoms with Gasteiger partial charge >= 0.3 is 24.3 Å². The second-order valence-corrected chi connectivity index (χ2v) is 9.13. The van der Waals surface area contributed by atoms with Gasteiger partial charge in [-0.05, 0) is 44.4 Å². The number of piperidine rings is 1. The maximum absolute atomic E-state index is 10.6. The summed E-state index contributed by atoms with van der Waals surface area (Å²) in [5.74, 6) is -2.58. The van der Waals surface area contributed by atoms with E-state index >= 15 is 0 Å². The highest BCUT2D eigenvalue weighted by molar-refractivity contribution is 7.09. The lowest BCUT2D eigenvalue weighted by atomic mass is 9.93. The predicted molar refractivity (Wildman–Crippen MR) is 115 cm³/mol. The molecule has 0 spiro atoms. The van der Waals surface area contributed by atoms with Crippen LogP contribution in [0.5, 0.6) is 0 Å². The number of carboxylic acids is 2. The lowest BCUT2D eigenvalue weighted by Crippen LogP contribution is -2.45. The SMILES string of the molecule is Cc1ccc(CN2CCC3C(CCN3Cc3nccs3)C2)o1.O=C(O)C(F)(F)F.O=C(O)C(F)(F)F. The molecule has 202 valence electrons. The fourth-order valence-electron chi connectivity index (χ4n) is 3.99. The Balaban J connectivity index is 0.000000271. The third kappa shape index (κ3) is 9.43. The Kier molecular flexibility index (Phi) is 10.3. The van der Waals surface area contributed by atoms with Gasteiger partial charge in [0, 0.05) is 30.7 Å². The van der Waals surface area contributed by atoms with Gasteiger partial charge < -0.3 is 14.6 Å². The highest BCUT2D eigenvalue weighted by atomic mass is 32.1. The molecule has 2 aromatic heterocycles. The van der Waals surface area contributed by atoms with Gasteiger partial charge in [-0.25, -0.2) is 14.6 Å². The van der Waals surface area contributed by atoms with Crippen molar-refractivity contribution in [1.29, 1.82) is 0 Å². The predicted octanol–water partition coefficient (Wildman–Crippen LogP) is 4.41. The van der Waals surface area contributed by atoms with E-state index in [1.165, 1.54) is 37.5 Å². The number of fused-ring (bicyclic) bond motifs is 1. The molecule has 0 bridgehead atoms. The molecule has 2 unspecified atom stereocenters. The van der Waals surface area contributed by atoms with Crippen molar-refractivity contribution in [2.24, 2.45) is 5.92 Å². The van der Waals surface area contributed by atoms with E-state index in [1.807, 2.05) is 13.1 Å². The summed E-state index contributed by atoms with van der Waals surface area (Å²) >= 11 is 1.78. The topological polar surface area (TPSA) is 107 Å². The van der Waals surface area contributed by atoms with Crippen LogP contribution in [0.4, 0.5) is 26.3 Å². The Labute approximate surface area is 206 Å². The van der Waals surface area contributed by atoms with Crippen molar-refractivity contribution in [2.75, 3.05) is 19.6 Å². The smallest absolute Gasteiger partial charge is 0.475 e. The van der Waals surface area contributed by atoms with Gasteiger partial charge in [-0.3, -0.25) is 9.80 Å². The fraction of sp³-hybridized carbons (Fsp3) is 0.571. The number of carbonyl (C=O) groups is 2. The molecule has 2 aliphatic heterocycles. The van der Waals surface area contributed by atoms with Crippen LogP contribution in [-0.4, -0.2) is 75.0 Å². The third-order valence-corrected chi connectivity index (χ3v) is 6.28. The fourth-order valence-corrected chi connectivity index (χ4v) is 4.63. The third-order valence-electron chi connectivity index (χ3n) is 5.52. The standard InChI is InChI=1S/C17H23N3OS.2C2HF3O2/c1-13-2-3-15(21-13)11-19-7-5-16-14(10-19)4-8-20(16)12-17-18-6-9-22-17;2*3-2(4,5)1(6)7/h2-3,6,9,14,16H,4-5,7-8,10-12H2,1H3;2*(H,6,7). The minimum absolute atomic E-state index is 0.749. The number of hydrogen-bond donors (Lipinski definition) is 2. The van der Waals surface area contributed by atoms with Crippen LogP contribution >= 0.6 is 11.3 Å². The number of aryl methyl sites for hydroxylation is 1. The van der Waals surface area contributed by atoms with E-state index in [9.17, 15) is 26.3 Å². The maximum Gasteiger partial charge on any atom is 0.490 e. The zero-order valence-corrected chi connectivity index (χ0v) is 19.9. The van der Waals surface area contributed by atoms with E-state index in [-0.39, 0.29) is 0 Å². The van der Waals surface area contributed by atoms with Crippen molar-refractivity contribution >= 4 is 23.3 Å². The Bertz CT molecular complexity index is 956. The number of aromatic nitrogens is 1. The highest BCUT2D eigenvalue weighted by Gasteiger charge is 2.39. The molecule has 2 aliphatic rings. The molecule has 0 radical (unpaired) electrons. The van der Waals surface area contributed by atoms with Crippen molar-refractivity contribution < 1.29 is 50.6 Å². The summed E-state index contributed by atoms with van der Waals surface area (Å²) in [6, 6.07) is 4.93. The van der Waals surface area contributed by atoms with Crippen LogP contribution in [0.25, 0.3) is 0 Å². The van der Waals surface area contributed by atoms with Gasteiger partial charge in [-0.15, -0.1) is 11.3 Å². The van der Waals surface area contributed by atoms with E-state index in [1.54, 1.807) is 11.3 Å². The van der Waals surface area contributed by atoms with Crippen LogP contribution in [0.2, 0.25) is 0 Å². The number of thiazole rings is 1. The van der Waals surface area contributed by atoms with E-state index in [2.05, 4.69) is 32.3 Å². The first kappa shape index (κ1) is 29.6. The molecular formula is C21H25F6N3O5S. The summed E-state index contributed by atoms with van der Waals surface area (Å²) in [5, 5.41) is 17.6. The Morgan fingerprint density at radius 2 is 1.67 bits per heavy atom. The van der Waals surface area contributed by atoms with Crippen molar-refractivity contribution in [3.63, 3.8) is 0 Å². The summed E-state index contributed by atoms with van der Waals surface area (Å²) < 4.78 is 69.2. The van der Waals surface area contributed by atoms with E-state index in [4.69, 9.17) is 24.2 Å². The molecule has 4 rings (SSSR count). The molecule has 36 heavy (non-hydrogen) atoms. The molecule has 0 saturated carbocycles. The molecular weight excluding hydrogens is 520 g/mol. The molecule has 2 N–H and O–H groups in total. The molecule has 15 heteroatoms. The molecule has 2 fully saturated rings. The first-order valence-electron chi connectivity index (χ1n) is 10.7. The number of rotatable bonds is 4. The first-order valence-corrected chi connectivity index (χ1v) is 11.5. The monoisotopic (exact) mass is 545 g/mol. The minimum atomic E-state index is -5.08. The van der Waals surface area contributed by atoms with Crippen LogP contribution in [0.3, 0.4) is 0 Å². The average Bonchev–Trinajstić information content (AvgIpc) is 3.50. The van der Waals surface area contributed by atoms with Gasteiger partial charge in [0.05, 0.1) is 13.1 Å². The van der Waals surface area contributed by atoms with Crippen molar-refractivity contribution in [3.05, 3.63) is 40.2 Å². The average molecular weight is 546 g/mol. The number of halogens is 6. The summed E-state index contributed by atoms with van der Waals surface area (Å²) in [7, 11) is 0. The summed E-state index contributed by atoms with van der Waals surface area (Å²) in [6.07, 6.45) is -5.65. The lowest BCUT2D eigenvalue weighted by Gasteiger charge is -2.37. The van der Waals surface area contributed by atoms with E-state index < -0.39 is 24.3 Å². The van der Waals surface area contributed by atoms with Gasteiger partial charge in [0.25, 0.3) is 0 Å². The van der Waals surface area contributed by atoms with Gasteiger partial charge in [0.1, 0.15) is 16.5 Å². The van der Waals surface area contributed by atoms with Crippen LogP contribution in [0.1, 0.15) is 29.4 Å². The molecule has 8 nitrogen and oxygen atoms in total. The quantitative estimate of drug-likeness (QED) is 0.545. The summed E-state index contributed by atoms with van der Waals surface area (Å²) in [5.41, 5.74) is 0. The second kappa shape index (κ2) is 12.5. The second-order valence-electron chi connectivity index (χ2n) is 8.15. The van der Waals surface area contributed by atoms with Crippen molar-refractivity contribution in [1.82, 2.24) is 14.8 Å². The Morgan fingerprint density at radius 3 is 2.14 bits per heavy atom. The van der Waals surface area contributed by atoms with Crippen LogP contribution < -0.4 is 0 Å². The maximum atomic E-state index is 10.6. The highest BCUT2D eigenvalue weighted by Crippen LogP contribution is 2.33. The Morgan fingerprint density at radius 1 is 1.06 bits per heavy atom. The van der Waals surface area contributed by atoms with Gasteiger partial charge in [0.15, 0.2) is 0 Å². The molecule has 2 aromatic rings. The zero-order valence-electron chi connectivity index (χ0n) is 19.1. The van der Waals surface area contributed by atoms with Gasteiger partial charge in [-0.2, -0.15) is 26.3 Å². The number of nitrogens with zero attached hydrogens (tertiary/aromatic N) is 3. The molecule has 0 aliphatic carbocycles. The molecule has 2 saturated heterocycles. The van der Waals surface area contributed by atoms with Crippen LogP contribution in [0, 0.1) is 12.8 Å².